The Morgan fingerprint density at radius 1 is 1.46 bits per heavy atom. The maximum Gasteiger partial charge on any atom is 0.119 e. The minimum absolute atomic E-state index is 0.0772. The van der Waals surface area contributed by atoms with Crippen molar-refractivity contribution in [2.75, 3.05) is 13.4 Å². The van der Waals surface area contributed by atoms with Crippen LogP contribution < -0.4 is 10.5 Å². The second-order valence-corrected chi connectivity index (χ2v) is 3.74. The van der Waals surface area contributed by atoms with Crippen LogP contribution in [-0.2, 0) is 0 Å². The van der Waals surface area contributed by atoms with Crippen molar-refractivity contribution in [1.82, 2.24) is 0 Å². The van der Waals surface area contributed by atoms with Crippen molar-refractivity contribution < 1.29 is 4.74 Å². The molecule has 2 N–H and O–H groups in total. The summed E-state index contributed by atoms with van der Waals surface area (Å²) in [5.74, 6) is 0.883. The quantitative estimate of drug-likeness (QED) is 0.756. The topological polar surface area (TPSA) is 35.2 Å². The van der Waals surface area contributed by atoms with Crippen LogP contribution in [0.5, 0.6) is 5.75 Å². The number of rotatable bonds is 3. The molecule has 1 aromatic carbocycles. The highest BCUT2D eigenvalue weighted by Gasteiger charge is 2.06. The molecule has 0 saturated carbocycles. The number of hydrogen-bond donors (Lipinski definition) is 1. The lowest BCUT2D eigenvalue weighted by atomic mass is 10.1. The van der Waals surface area contributed by atoms with Gasteiger partial charge in [-0.3, -0.25) is 0 Å². The molecule has 0 saturated heterocycles. The van der Waals surface area contributed by atoms with E-state index >= 15 is 0 Å². The van der Waals surface area contributed by atoms with Crippen LogP contribution in [0, 0.1) is 0 Å². The molecule has 0 fully saturated rings. The first kappa shape index (κ1) is 10.4. The van der Waals surface area contributed by atoms with Gasteiger partial charge in [-0.15, -0.1) is 11.8 Å². The van der Waals surface area contributed by atoms with Gasteiger partial charge in [0.25, 0.3) is 0 Å². The number of ether oxygens (including phenoxy) is 1. The van der Waals surface area contributed by atoms with Crippen LogP contribution in [0.4, 0.5) is 0 Å². The van der Waals surface area contributed by atoms with Crippen molar-refractivity contribution in [2.24, 2.45) is 5.73 Å². The molecular weight excluding hydrogens is 182 g/mol. The van der Waals surface area contributed by atoms with Gasteiger partial charge in [-0.2, -0.15) is 0 Å². The molecule has 0 aliphatic rings. The Kier molecular flexibility index (Phi) is 3.63. The summed E-state index contributed by atoms with van der Waals surface area (Å²) >= 11 is 1.69. The Hall–Kier alpha value is -0.670. The minimum atomic E-state index is 0.0772. The molecule has 72 valence electrons. The number of hydrogen-bond acceptors (Lipinski definition) is 3. The molecule has 0 amide bonds. The number of methoxy groups -OCH3 is 1. The third kappa shape index (κ3) is 2.39. The molecule has 1 rings (SSSR count). The Morgan fingerprint density at radius 2 is 2.15 bits per heavy atom. The summed E-state index contributed by atoms with van der Waals surface area (Å²) in [7, 11) is 1.67. The van der Waals surface area contributed by atoms with Gasteiger partial charge in [0.1, 0.15) is 5.75 Å². The van der Waals surface area contributed by atoms with Gasteiger partial charge in [-0.25, -0.2) is 0 Å². The molecule has 0 bridgehead atoms. The molecule has 0 spiro atoms. The van der Waals surface area contributed by atoms with Crippen LogP contribution in [0.3, 0.4) is 0 Å². The average molecular weight is 197 g/mol. The fraction of sp³-hybridized carbons (Fsp3) is 0.400. The van der Waals surface area contributed by atoms with E-state index in [1.807, 2.05) is 31.4 Å². The van der Waals surface area contributed by atoms with Crippen LogP contribution in [0.15, 0.2) is 23.1 Å². The van der Waals surface area contributed by atoms with Gasteiger partial charge in [0.15, 0.2) is 0 Å². The Balaban J connectivity index is 3.08. The van der Waals surface area contributed by atoms with Crippen LogP contribution in [-0.4, -0.2) is 13.4 Å². The fourth-order valence-corrected chi connectivity index (χ4v) is 1.92. The zero-order valence-corrected chi connectivity index (χ0v) is 9.02. The molecular formula is C10H15NOS. The molecule has 1 aromatic rings. The van der Waals surface area contributed by atoms with Crippen molar-refractivity contribution >= 4 is 11.8 Å². The monoisotopic (exact) mass is 197 g/mol. The van der Waals surface area contributed by atoms with Gasteiger partial charge in [0.05, 0.1) is 7.11 Å². The fourth-order valence-electron chi connectivity index (χ4n) is 1.19. The van der Waals surface area contributed by atoms with Crippen molar-refractivity contribution in [3.05, 3.63) is 23.8 Å². The SMILES string of the molecule is COc1ccc(C(C)N)c(SC)c1. The first-order valence-corrected chi connectivity index (χ1v) is 5.39. The van der Waals surface area contributed by atoms with Crippen molar-refractivity contribution in [3.63, 3.8) is 0 Å². The molecule has 3 heteroatoms. The second-order valence-electron chi connectivity index (χ2n) is 2.90. The summed E-state index contributed by atoms with van der Waals surface area (Å²) in [5, 5.41) is 0. The van der Waals surface area contributed by atoms with Crippen LogP contribution in [0.25, 0.3) is 0 Å². The first-order valence-electron chi connectivity index (χ1n) is 4.16. The summed E-state index contributed by atoms with van der Waals surface area (Å²) in [5.41, 5.74) is 7.00. The summed E-state index contributed by atoms with van der Waals surface area (Å²) in [6, 6.07) is 6.06. The molecule has 13 heavy (non-hydrogen) atoms. The largest absolute Gasteiger partial charge is 0.497 e. The normalized spacial score (nSPS) is 12.6. The van der Waals surface area contributed by atoms with Gasteiger partial charge in [-0.1, -0.05) is 6.07 Å². The van der Waals surface area contributed by atoms with E-state index in [-0.39, 0.29) is 6.04 Å². The molecule has 0 radical (unpaired) electrons. The lowest BCUT2D eigenvalue weighted by Crippen LogP contribution is -2.06. The number of benzene rings is 1. The van der Waals surface area contributed by atoms with Crippen LogP contribution >= 0.6 is 11.8 Å². The smallest absolute Gasteiger partial charge is 0.119 e. The van der Waals surface area contributed by atoms with E-state index in [0.717, 1.165) is 5.75 Å². The standard InChI is InChI=1S/C10H15NOS/c1-7(11)9-5-4-8(12-2)6-10(9)13-3/h4-7H,11H2,1-3H3. The highest BCUT2D eigenvalue weighted by Crippen LogP contribution is 2.28. The van der Waals surface area contributed by atoms with Gasteiger partial charge < -0.3 is 10.5 Å². The van der Waals surface area contributed by atoms with E-state index < -0.39 is 0 Å². The van der Waals surface area contributed by atoms with E-state index in [1.165, 1.54) is 10.5 Å². The third-order valence-corrected chi connectivity index (χ3v) is 2.72. The highest BCUT2D eigenvalue weighted by atomic mass is 32.2. The molecule has 1 atom stereocenters. The lowest BCUT2D eigenvalue weighted by molar-refractivity contribution is 0.413. The Morgan fingerprint density at radius 3 is 2.62 bits per heavy atom. The average Bonchev–Trinajstić information content (AvgIpc) is 2.16. The van der Waals surface area contributed by atoms with Crippen molar-refractivity contribution in [1.29, 1.82) is 0 Å². The second kappa shape index (κ2) is 4.53. The van der Waals surface area contributed by atoms with Crippen molar-refractivity contribution in [3.8, 4) is 5.75 Å². The predicted octanol–water partition coefficient (Wildman–Crippen LogP) is 2.44. The van der Waals surface area contributed by atoms with Crippen molar-refractivity contribution in [2.45, 2.75) is 17.9 Å². The van der Waals surface area contributed by atoms with Gasteiger partial charge in [0, 0.05) is 10.9 Å². The number of thioether (sulfide) groups is 1. The third-order valence-electron chi connectivity index (χ3n) is 1.93. The number of nitrogens with two attached hydrogens (primary N) is 1. The van der Waals surface area contributed by atoms with E-state index in [0.29, 0.717) is 0 Å². The maximum atomic E-state index is 5.83. The van der Waals surface area contributed by atoms with Gasteiger partial charge in [-0.05, 0) is 30.9 Å². The molecule has 1 unspecified atom stereocenters. The Bertz CT molecular complexity index is 286. The van der Waals surface area contributed by atoms with Gasteiger partial charge >= 0.3 is 0 Å². The first-order chi connectivity index (χ1) is 6.19. The highest BCUT2D eigenvalue weighted by molar-refractivity contribution is 7.98. The Labute approximate surface area is 83.5 Å². The predicted molar refractivity (Wildman–Crippen MR) is 57.4 cm³/mol. The molecule has 0 aliphatic carbocycles. The van der Waals surface area contributed by atoms with Crippen LogP contribution in [0.2, 0.25) is 0 Å². The summed E-state index contributed by atoms with van der Waals surface area (Å²) in [6.07, 6.45) is 2.04. The minimum Gasteiger partial charge on any atom is -0.497 e. The molecule has 0 heterocycles. The molecule has 0 aromatic heterocycles. The van der Waals surface area contributed by atoms with E-state index in [9.17, 15) is 0 Å². The zero-order chi connectivity index (χ0) is 9.84. The zero-order valence-electron chi connectivity index (χ0n) is 8.20. The molecule has 0 aliphatic heterocycles. The van der Waals surface area contributed by atoms with Gasteiger partial charge in [0.2, 0.25) is 0 Å². The summed E-state index contributed by atoms with van der Waals surface area (Å²) < 4.78 is 5.14. The molecule has 2 nitrogen and oxygen atoms in total. The van der Waals surface area contributed by atoms with E-state index in [2.05, 4.69) is 0 Å². The van der Waals surface area contributed by atoms with E-state index in [1.54, 1.807) is 18.9 Å². The van der Waals surface area contributed by atoms with E-state index in [4.69, 9.17) is 10.5 Å². The maximum absolute atomic E-state index is 5.83. The summed E-state index contributed by atoms with van der Waals surface area (Å²) in [6.45, 7) is 1.99. The van der Waals surface area contributed by atoms with Crippen LogP contribution in [0.1, 0.15) is 18.5 Å². The lowest BCUT2D eigenvalue weighted by Gasteiger charge is -2.11. The summed E-state index contributed by atoms with van der Waals surface area (Å²) in [4.78, 5) is 1.19.